The number of benzene rings is 2. The van der Waals surface area contributed by atoms with E-state index in [4.69, 9.17) is 4.52 Å². The first-order valence-corrected chi connectivity index (χ1v) is 12.4. The number of rotatable bonds is 8. The molecule has 37 heavy (non-hydrogen) atoms. The van der Waals surface area contributed by atoms with Crippen LogP contribution in [0, 0.1) is 11.6 Å². The van der Waals surface area contributed by atoms with E-state index in [0.29, 0.717) is 19.3 Å². The van der Waals surface area contributed by atoms with E-state index < -0.39 is 35.4 Å². The first kappa shape index (κ1) is 26.8. The standard InChI is InChI=1S/C28H33F2N3O4/c1-27(2,3)19-5-4-6-20(12-19)28(8-7-25-18(14-28)15-32-37-25)31-16-24(34)23(33-26(35)36)11-17-9-21(29)13-22(30)10-17/h4-6,9-10,12-13,15,23-24,31,33-34H,7-8,11,14,16H2,1-3H3,(H,35,36). The number of fused-ring (bicyclic) bond motifs is 1. The molecule has 0 saturated carbocycles. The summed E-state index contributed by atoms with van der Waals surface area (Å²) in [7, 11) is 0. The average Bonchev–Trinajstić information content (AvgIpc) is 3.28. The molecule has 0 radical (unpaired) electrons. The van der Waals surface area contributed by atoms with Crippen molar-refractivity contribution in [2.24, 2.45) is 0 Å². The first-order chi connectivity index (χ1) is 17.4. The molecule has 3 unspecified atom stereocenters. The molecule has 0 saturated heterocycles. The summed E-state index contributed by atoms with van der Waals surface area (Å²) < 4.78 is 32.8. The summed E-state index contributed by atoms with van der Waals surface area (Å²) in [5.74, 6) is -0.689. The van der Waals surface area contributed by atoms with E-state index in [-0.39, 0.29) is 23.9 Å². The number of hydrogen-bond acceptors (Lipinski definition) is 5. The van der Waals surface area contributed by atoms with Crippen LogP contribution >= 0.6 is 0 Å². The smallest absolute Gasteiger partial charge is 0.404 e. The van der Waals surface area contributed by atoms with Crippen LogP contribution in [-0.4, -0.2) is 40.2 Å². The van der Waals surface area contributed by atoms with Gasteiger partial charge in [0.1, 0.15) is 17.4 Å². The summed E-state index contributed by atoms with van der Waals surface area (Å²) in [6.07, 6.45) is 1.04. The molecule has 4 N–H and O–H groups in total. The fourth-order valence-corrected chi connectivity index (χ4v) is 5.02. The summed E-state index contributed by atoms with van der Waals surface area (Å²) in [5, 5.41) is 30.2. The van der Waals surface area contributed by atoms with Gasteiger partial charge >= 0.3 is 6.09 Å². The van der Waals surface area contributed by atoms with Crippen molar-refractivity contribution >= 4 is 6.09 Å². The van der Waals surface area contributed by atoms with Crippen LogP contribution in [0.4, 0.5) is 13.6 Å². The van der Waals surface area contributed by atoms with E-state index in [2.05, 4.69) is 54.8 Å². The number of aromatic nitrogens is 1. The Hall–Kier alpha value is -3.30. The quantitative estimate of drug-likeness (QED) is 0.354. The Balaban J connectivity index is 1.60. The van der Waals surface area contributed by atoms with Gasteiger partial charge in [-0.25, -0.2) is 13.6 Å². The summed E-state index contributed by atoms with van der Waals surface area (Å²) in [6.45, 7) is 6.48. The molecule has 0 bridgehead atoms. The SMILES string of the molecule is CC(C)(C)c1cccc(C2(NCC(O)C(Cc3cc(F)cc(F)c3)NC(=O)O)CCc3oncc3C2)c1. The van der Waals surface area contributed by atoms with Gasteiger partial charge in [0.15, 0.2) is 0 Å². The van der Waals surface area contributed by atoms with Crippen molar-refractivity contribution in [1.29, 1.82) is 0 Å². The van der Waals surface area contributed by atoms with Gasteiger partial charge in [0.05, 0.1) is 18.3 Å². The topological polar surface area (TPSA) is 108 Å². The lowest BCUT2D eigenvalue weighted by Gasteiger charge is -2.40. The van der Waals surface area contributed by atoms with Crippen molar-refractivity contribution < 1.29 is 28.3 Å². The molecule has 1 aliphatic carbocycles. The lowest BCUT2D eigenvalue weighted by atomic mass is 9.74. The van der Waals surface area contributed by atoms with E-state index in [0.717, 1.165) is 35.1 Å². The molecule has 3 aromatic rings. The fourth-order valence-electron chi connectivity index (χ4n) is 5.02. The molecular formula is C28H33F2N3O4. The summed E-state index contributed by atoms with van der Waals surface area (Å²) in [5.41, 5.74) is 2.82. The van der Waals surface area contributed by atoms with Crippen LogP contribution in [0.3, 0.4) is 0 Å². The van der Waals surface area contributed by atoms with Gasteiger partial charge in [-0.15, -0.1) is 0 Å². The second kappa shape index (κ2) is 10.6. The molecule has 0 fully saturated rings. The van der Waals surface area contributed by atoms with Crippen molar-refractivity contribution in [2.45, 2.75) is 69.6 Å². The molecule has 198 valence electrons. The highest BCUT2D eigenvalue weighted by Crippen LogP contribution is 2.38. The number of halogens is 2. The van der Waals surface area contributed by atoms with Crippen LogP contribution in [0.25, 0.3) is 0 Å². The van der Waals surface area contributed by atoms with Gasteiger partial charge in [-0.3, -0.25) is 0 Å². The number of aliphatic hydroxyl groups is 1. The maximum absolute atomic E-state index is 13.7. The molecule has 0 aliphatic heterocycles. The molecule has 9 heteroatoms. The Bertz CT molecular complexity index is 1240. The van der Waals surface area contributed by atoms with Gasteiger partial charge in [0.2, 0.25) is 0 Å². The third kappa shape index (κ3) is 6.34. The van der Waals surface area contributed by atoms with Crippen LogP contribution in [0.5, 0.6) is 0 Å². The Morgan fingerprint density at radius 3 is 2.59 bits per heavy atom. The highest BCUT2D eigenvalue weighted by molar-refractivity contribution is 5.65. The Morgan fingerprint density at radius 2 is 1.92 bits per heavy atom. The first-order valence-electron chi connectivity index (χ1n) is 12.4. The molecule has 1 aliphatic rings. The van der Waals surface area contributed by atoms with Crippen molar-refractivity contribution in [3.05, 3.63) is 88.3 Å². The monoisotopic (exact) mass is 513 g/mol. The molecule has 1 amide bonds. The van der Waals surface area contributed by atoms with Gasteiger partial charge in [0.25, 0.3) is 0 Å². The van der Waals surface area contributed by atoms with Crippen LogP contribution in [-0.2, 0) is 30.2 Å². The maximum atomic E-state index is 13.7. The van der Waals surface area contributed by atoms with Gasteiger partial charge < -0.3 is 25.4 Å². The predicted octanol–water partition coefficient (Wildman–Crippen LogP) is 4.46. The lowest BCUT2D eigenvalue weighted by molar-refractivity contribution is 0.104. The molecule has 2 aromatic carbocycles. The Labute approximate surface area is 214 Å². The minimum absolute atomic E-state index is 0.0447. The summed E-state index contributed by atoms with van der Waals surface area (Å²) >= 11 is 0. The normalized spacial score (nSPS) is 19.2. The Morgan fingerprint density at radius 1 is 1.19 bits per heavy atom. The van der Waals surface area contributed by atoms with Gasteiger partial charge in [-0.05, 0) is 53.5 Å². The van der Waals surface area contributed by atoms with E-state index >= 15 is 0 Å². The third-order valence-electron chi connectivity index (χ3n) is 7.08. The summed E-state index contributed by atoms with van der Waals surface area (Å²) in [6, 6.07) is 10.4. The minimum atomic E-state index is -1.33. The summed E-state index contributed by atoms with van der Waals surface area (Å²) in [4.78, 5) is 11.5. The average molecular weight is 514 g/mol. The number of aliphatic hydroxyl groups excluding tert-OH is 1. The number of amides is 1. The highest BCUT2D eigenvalue weighted by atomic mass is 19.1. The number of nitrogens with one attached hydrogen (secondary N) is 2. The molecule has 3 atom stereocenters. The van der Waals surface area contributed by atoms with E-state index in [9.17, 15) is 23.8 Å². The van der Waals surface area contributed by atoms with E-state index in [1.54, 1.807) is 6.20 Å². The van der Waals surface area contributed by atoms with Crippen LogP contribution in [0.1, 0.15) is 55.2 Å². The van der Waals surface area contributed by atoms with Crippen LogP contribution < -0.4 is 10.6 Å². The molecule has 4 rings (SSSR count). The Kier molecular flexibility index (Phi) is 7.66. The van der Waals surface area contributed by atoms with Crippen LogP contribution in [0.2, 0.25) is 0 Å². The van der Waals surface area contributed by atoms with E-state index in [1.165, 1.54) is 5.56 Å². The predicted molar refractivity (Wildman–Crippen MR) is 134 cm³/mol. The lowest BCUT2D eigenvalue weighted by Crippen LogP contribution is -2.54. The van der Waals surface area contributed by atoms with Gasteiger partial charge in [-0.2, -0.15) is 0 Å². The molecular weight excluding hydrogens is 480 g/mol. The zero-order valence-electron chi connectivity index (χ0n) is 21.2. The zero-order chi connectivity index (χ0) is 26.8. The second-order valence-corrected chi connectivity index (χ2v) is 10.8. The van der Waals surface area contributed by atoms with Crippen LogP contribution in [0.15, 0.2) is 53.2 Å². The number of aryl methyl sites for hydroxylation is 1. The number of carbonyl (C=O) groups is 1. The van der Waals surface area contributed by atoms with Crippen molar-refractivity contribution in [1.82, 2.24) is 15.8 Å². The molecule has 7 nitrogen and oxygen atoms in total. The van der Waals surface area contributed by atoms with Gasteiger partial charge in [0, 0.05) is 30.1 Å². The van der Waals surface area contributed by atoms with Crippen molar-refractivity contribution in [2.75, 3.05) is 6.54 Å². The zero-order valence-corrected chi connectivity index (χ0v) is 21.2. The highest BCUT2D eigenvalue weighted by Gasteiger charge is 2.39. The molecule has 1 heterocycles. The minimum Gasteiger partial charge on any atom is -0.465 e. The number of hydrogen-bond donors (Lipinski definition) is 4. The number of carboxylic acid groups (broad SMARTS) is 1. The van der Waals surface area contributed by atoms with E-state index in [1.807, 2.05) is 6.07 Å². The van der Waals surface area contributed by atoms with Crippen molar-refractivity contribution in [3.8, 4) is 0 Å². The molecule has 1 aromatic heterocycles. The maximum Gasteiger partial charge on any atom is 0.404 e. The third-order valence-corrected chi connectivity index (χ3v) is 7.08. The number of nitrogens with zero attached hydrogens (tertiary/aromatic N) is 1. The second-order valence-electron chi connectivity index (χ2n) is 10.8. The van der Waals surface area contributed by atoms with Crippen molar-refractivity contribution in [3.63, 3.8) is 0 Å². The largest absolute Gasteiger partial charge is 0.465 e. The van der Waals surface area contributed by atoms with Gasteiger partial charge in [-0.1, -0.05) is 50.2 Å². The fraction of sp³-hybridized carbons (Fsp3) is 0.429. The molecule has 0 spiro atoms.